The Hall–Kier alpha value is -2.97. The molecular weight excluding hydrogens is 422 g/mol. The van der Waals surface area contributed by atoms with Crippen molar-refractivity contribution in [3.05, 3.63) is 59.3 Å². The first-order chi connectivity index (χ1) is 14.4. The minimum Gasteiger partial charge on any atom is -0.369 e. The maximum Gasteiger partial charge on any atom is 0.416 e. The molecule has 2 N–H and O–H groups in total. The highest BCUT2D eigenvalue weighted by atomic mass is 19.4. The van der Waals surface area contributed by atoms with Crippen LogP contribution in [0, 0.1) is 5.92 Å². The summed E-state index contributed by atoms with van der Waals surface area (Å²) in [7, 11) is 0. The molecule has 1 fully saturated rings. The number of hydrogen-bond donors (Lipinski definition) is 1. The summed E-state index contributed by atoms with van der Waals surface area (Å²) in [5, 5.41) is 0.586. The number of nitrogens with two attached hydrogens (primary N) is 1. The van der Waals surface area contributed by atoms with Gasteiger partial charge in [0.05, 0.1) is 17.5 Å². The van der Waals surface area contributed by atoms with Gasteiger partial charge in [0, 0.05) is 23.6 Å². The lowest BCUT2D eigenvalue weighted by Gasteiger charge is -2.14. The van der Waals surface area contributed by atoms with Gasteiger partial charge in [-0.3, -0.25) is 4.79 Å². The molecule has 0 bridgehead atoms. The zero-order valence-electron chi connectivity index (χ0n) is 16.1. The van der Waals surface area contributed by atoms with Crippen LogP contribution in [0.2, 0.25) is 0 Å². The standard InChI is InChI=1S/C22H18F6N2O/c23-21(24,25)16-5-14(6-17(9-16)22(26,27)28)13-3-4-19-18(7-13)15(8-20(29)31)11-30(19)10-12-1-2-12/h3-7,9,11-12H,1-2,8,10H2,(H2,29,31). The van der Waals surface area contributed by atoms with E-state index in [1.807, 2.05) is 4.57 Å². The van der Waals surface area contributed by atoms with Crippen LogP contribution in [0.5, 0.6) is 0 Å². The number of alkyl halides is 6. The van der Waals surface area contributed by atoms with Gasteiger partial charge >= 0.3 is 12.4 Å². The molecule has 0 unspecified atom stereocenters. The Kier molecular flexibility index (Phi) is 5.02. The van der Waals surface area contributed by atoms with Gasteiger partial charge < -0.3 is 10.3 Å². The van der Waals surface area contributed by atoms with E-state index in [0.29, 0.717) is 29.0 Å². The molecule has 0 aliphatic heterocycles. The molecule has 3 nitrogen and oxygen atoms in total. The molecule has 3 aromatic rings. The summed E-state index contributed by atoms with van der Waals surface area (Å²) in [5.74, 6) is -0.0520. The molecule has 0 atom stereocenters. The largest absolute Gasteiger partial charge is 0.416 e. The Morgan fingerprint density at radius 3 is 2.06 bits per heavy atom. The number of nitrogens with zero attached hydrogens (tertiary/aromatic N) is 1. The van der Waals surface area contributed by atoms with Crippen molar-refractivity contribution >= 4 is 16.8 Å². The Morgan fingerprint density at radius 1 is 0.935 bits per heavy atom. The average molecular weight is 440 g/mol. The van der Waals surface area contributed by atoms with Crippen LogP contribution in [0.3, 0.4) is 0 Å². The van der Waals surface area contributed by atoms with Gasteiger partial charge in [0.2, 0.25) is 5.91 Å². The van der Waals surface area contributed by atoms with E-state index in [2.05, 4.69) is 0 Å². The van der Waals surface area contributed by atoms with E-state index in [1.54, 1.807) is 12.3 Å². The molecule has 2 aromatic carbocycles. The van der Waals surface area contributed by atoms with Crippen molar-refractivity contribution in [1.29, 1.82) is 0 Å². The van der Waals surface area contributed by atoms with Gasteiger partial charge in [-0.15, -0.1) is 0 Å². The van der Waals surface area contributed by atoms with Crippen molar-refractivity contribution in [2.24, 2.45) is 11.7 Å². The lowest BCUT2D eigenvalue weighted by atomic mass is 9.97. The van der Waals surface area contributed by atoms with Crippen LogP contribution in [0.25, 0.3) is 22.0 Å². The summed E-state index contributed by atoms with van der Waals surface area (Å²) in [4.78, 5) is 11.5. The molecule has 1 aromatic heterocycles. The lowest BCUT2D eigenvalue weighted by molar-refractivity contribution is -0.143. The van der Waals surface area contributed by atoms with Crippen LogP contribution in [-0.4, -0.2) is 10.5 Å². The molecule has 1 saturated carbocycles. The second-order valence-corrected chi connectivity index (χ2v) is 7.92. The number of aromatic nitrogens is 1. The number of carbonyl (C=O) groups excluding carboxylic acids is 1. The van der Waals surface area contributed by atoms with E-state index >= 15 is 0 Å². The molecule has 1 aliphatic rings. The summed E-state index contributed by atoms with van der Waals surface area (Å²) < 4.78 is 81.3. The second-order valence-electron chi connectivity index (χ2n) is 7.92. The molecule has 1 aliphatic carbocycles. The molecule has 0 radical (unpaired) electrons. The van der Waals surface area contributed by atoms with Crippen molar-refractivity contribution < 1.29 is 31.1 Å². The number of carbonyl (C=O) groups is 1. The van der Waals surface area contributed by atoms with Gasteiger partial charge in [-0.25, -0.2) is 0 Å². The molecule has 31 heavy (non-hydrogen) atoms. The summed E-state index contributed by atoms with van der Waals surface area (Å²) in [6.45, 7) is 0.733. The summed E-state index contributed by atoms with van der Waals surface area (Å²) in [6, 6.07) is 6.18. The maximum absolute atomic E-state index is 13.2. The van der Waals surface area contributed by atoms with E-state index in [0.717, 1.165) is 24.9 Å². The van der Waals surface area contributed by atoms with Gasteiger partial charge in [0.25, 0.3) is 0 Å². The van der Waals surface area contributed by atoms with E-state index < -0.39 is 29.4 Å². The van der Waals surface area contributed by atoms with Crippen molar-refractivity contribution in [2.75, 3.05) is 0 Å². The van der Waals surface area contributed by atoms with Crippen molar-refractivity contribution in [1.82, 2.24) is 4.57 Å². The third-order valence-corrected chi connectivity index (χ3v) is 5.40. The fraction of sp³-hybridized carbons (Fsp3) is 0.318. The van der Waals surface area contributed by atoms with Crippen LogP contribution in [-0.2, 0) is 30.1 Å². The van der Waals surface area contributed by atoms with Crippen molar-refractivity contribution in [3.8, 4) is 11.1 Å². The number of primary amides is 1. The molecule has 0 saturated heterocycles. The van der Waals surface area contributed by atoms with Gasteiger partial charge in [-0.2, -0.15) is 26.3 Å². The first-order valence-corrected chi connectivity index (χ1v) is 9.62. The molecule has 164 valence electrons. The smallest absolute Gasteiger partial charge is 0.369 e. The van der Waals surface area contributed by atoms with Crippen molar-refractivity contribution in [2.45, 2.75) is 38.2 Å². The number of benzene rings is 2. The highest BCUT2D eigenvalue weighted by Crippen LogP contribution is 2.40. The highest BCUT2D eigenvalue weighted by molar-refractivity contribution is 5.92. The average Bonchev–Trinajstić information content (AvgIpc) is 3.42. The third kappa shape index (κ3) is 4.55. The Balaban J connectivity index is 1.86. The predicted molar refractivity (Wildman–Crippen MR) is 103 cm³/mol. The monoisotopic (exact) mass is 440 g/mol. The van der Waals surface area contributed by atoms with Crippen LogP contribution in [0.1, 0.15) is 29.5 Å². The summed E-state index contributed by atoms with van der Waals surface area (Å²) >= 11 is 0. The quantitative estimate of drug-likeness (QED) is 0.502. The van der Waals surface area contributed by atoms with Crippen LogP contribution in [0.4, 0.5) is 26.3 Å². The first-order valence-electron chi connectivity index (χ1n) is 9.62. The molecule has 1 heterocycles. The van der Waals surface area contributed by atoms with E-state index in [-0.39, 0.29) is 23.6 Å². The van der Waals surface area contributed by atoms with Gasteiger partial charge in [0.1, 0.15) is 0 Å². The Morgan fingerprint density at radius 2 is 1.55 bits per heavy atom. The highest BCUT2D eigenvalue weighted by Gasteiger charge is 2.37. The van der Waals surface area contributed by atoms with E-state index in [9.17, 15) is 31.1 Å². The lowest BCUT2D eigenvalue weighted by Crippen LogP contribution is -2.13. The zero-order chi connectivity index (χ0) is 22.6. The van der Waals surface area contributed by atoms with Crippen LogP contribution < -0.4 is 5.73 Å². The zero-order valence-corrected chi connectivity index (χ0v) is 16.1. The Bertz CT molecular complexity index is 1120. The minimum atomic E-state index is -4.93. The third-order valence-electron chi connectivity index (χ3n) is 5.40. The van der Waals surface area contributed by atoms with Gasteiger partial charge in [0.15, 0.2) is 0 Å². The normalized spacial score (nSPS) is 14.9. The first kappa shape index (κ1) is 21.3. The number of hydrogen-bond acceptors (Lipinski definition) is 1. The molecule has 0 spiro atoms. The minimum absolute atomic E-state index is 0.0754. The fourth-order valence-electron chi connectivity index (χ4n) is 3.73. The molecule has 1 amide bonds. The Labute approximate surface area is 173 Å². The maximum atomic E-state index is 13.2. The van der Waals surface area contributed by atoms with Crippen molar-refractivity contribution in [3.63, 3.8) is 0 Å². The summed E-state index contributed by atoms with van der Waals surface area (Å²) in [6.07, 6.45) is -5.96. The number of amides is 1. The van der Waals surface area contributed by atoms with E-state index in [4.69, 9.17) is 5.73 Å². The fourth-order valence-corrected chi connectivity index (χ4v) is 3.73. The number of rotatable bonds is 5. The van der Waals surface area contributed by atoms with Gasteiger partial charge in [-0.05, 0) is 65.8 Å². The molecule has 9 heteroatoms. The van der Waals surface area contributed by atoms with Gasteiger partial charge in [-0.1, -0.05) is 6.07 Å². The molecular formula is C22H18F6N2O. The SMILES string of the molecule is NC(=O)Cc1cn(CC2CC2)c2ccc(-c3cc(C(F)(F)F)cc(C(F)(F)F)c3)cc12. The predicted octanol–water partition coefficient (Wildman–Crippen LogP) is 5.78. The van der Waals surface area contributed by atoms with E-state index in [1.165, 1.54) is 12.1 Å². The number of fused-ring (bicyclic) bond motifs is 1. The van der Waals surface area contributed by atoms with Crippen LogP contribution in [0.15, 0.2) is 42.6 Å². The molecule has 4 rings (SSSR count). The topological polar surface area (TPSA) is 48.0 Å². The summed E-state index contributed by atoms with van der Waals surface area (Å²) in [5.41, 5.74) is 3.92. The number of halogens is 6. The van der Waals surface area contributed by atoms with Crippen LogP contribution >= 0.6 is 0 Å². The second kappa shape index (κ2) is 7.32.